The number of aromatic nitrogens is 1. The monoisotopic (exact) mass is 375 g/mol. The Balaban J connectivity index is 1.67. The van der Waals surface area contributed by atoms with Crippen LogP contribution >= 0.6 is 15.9 Å². The zero-order valence-electron chi connectivity index (χ0n) is 12.2. The van der Waals surface area contributed by atoms with Crippen molar-refractivity contribution in [2.45, 2.75) is 0 Å². The van der Waals surface area contributed by atoms with E-state index in [1.165, 1.54) is 0 Å². The van der Waals surface area contributed by atoms with Gasteiger partial charge in [0, 0.05) is 10.7 Å². The molecule has 6 nitrogen and oxygen atoms in total. The smallest absolute Gasteiger partial charge is 0.344 e. The summed E-state index contributed by atoms with van der Waals surface area (Å²) in [6, 6.07) is 12.5. The average Bonchev–Trinajstić information content (AvgIpc) is 2.58. The Hall–Kier alpha value is -2.59. The summed E-state index contributed by atoms with van der Waals surface area (Å²) in [5.41, 5.74) is 0.442. The fraction of sp³-hybridized carbons (Fsp3) is 0.188. The van der Waals surface area contributed by atoms with Crippen LogP contribution in [-0.2, 0) is 9.53 Å². The summed E-state index contributed by atoms with van der Waals surface area (Å²) < 4.78 is 11.3. The third-order valence-electron chi connectivity index (χ3n) is 2.76. The van der Waals surface area contributed by atoms with Crippen molar-refractivity contribution in [3.8, 4) is 11.8 Å². The molecule has 0 atom stereocenters. The summed E-state index contributed by atoms with van der Waals surface area (Å²) >= 11 is 3.32. The van der Waals surface area contributed by atoms with Crippen molar-refractivity contribution in [2.75, 3.05) is 25.1 Å². The SMILES string of the molecule is N#Cc1cccnc1NCCOC(=O)COc1ccc(Br)cc1. The molecular formula is C16H14BrN3O3. The molecule has 0 fully saturated rings. The number of nitriles is 1. The van der Waals surface area contributed by atoms with Crippen molar-refractivity contribution in [1.82, 2.24) is 4.98 Å². The quantitative estimate of drug-likeness (QED) is 0.591. The molecule has 0 saturated carbocycles. The van der Waals surface area contributed by atoms with E-state index in [4.69, 9.17) is 14.7 Å². The van der Waals surface area contributed by atoms with Gasteiger partial charge in [-0.25, -0.2) is 9.78 Å². The molecule has 1 heterocycles. The maximum Gasteiger partial charge on any atom is 0.344 e. The van der Waals surface area contributed by atoms with E-state index in [1.54, 1.807) is 30.5 Å². The standard InChI is InChI=1S/C16H14BrN3O3/c17-13-3-5-14(6-4-13)23-11-15(21)22-9-8-20-16-12(10-18)2-1-7-19-16/h1-7H,8-9,11H2,(H,19,20). The molecule has 0 unspecified atom stereocenters. The van der Waals surface area contributed by atoms with Gasteiger partial charge in [0.1, 0.15) is 24.2 Å². The molecule has 0 bridgehead atoms. The number of hydrogen-bond acceptors (Lipinski definition) is 6. The predicted octanol–water partition coefficient (Wildman–Crippen LogP) is 2.75. The average molecular weight is 376 g/mol. The largest absolute Gasteiger partial charge is 0.482 e. The summed E-state index contributed by atoms with van der Waals surface area (Å²) in [6.07, 6.45) is 1.58. The first-order chi connectivity index (χ1) is 11.2. The zero-order valence-corrected chi connectivity index (χ0v) is 13.7. The molecule has 1 N–H and O–H groups in total. The number of halogens is 1. The van der Waals surface area contributed by atoms with Crippen LogP contribution in [0.4, 0.5) is 5.82 Å². The normalized spacial score (nSPS) is 9.74. The molecule has 0 amide bonds. The minimum atomic E-state index is -0.462. The van der Waals surface area contributed by atoms with Crippen molar-refractivity contribution in [1.29, 1.82) is 5.26 Å². The van der Waals surface area contributed by atoms with Gasteiger partial charge in [-0.1, -0.05) is 15.9 Å². The Kier molecular flexibility index (Phi) is 6.39. The van der Waals surface area contributed by atoms with Gasteiger partial charge in [0.25, 0.3) is 0 Å². The number of carbonyl (C=O) groups is 1. The van der Waals surface area contributed by atoms with Crippen LogP contribution in [0.5, 0.6) is 5.75 Å². The lowest BCUT2D eigenvalue weighted by molar-refractivity contribution is -0.145. The molecule has 7 heteroatoms. The third-order valence-corrected chi connectivity index (χ3v) is 3.28. The van der Waals surface area contributed by atoms with Crippen LogP contribution in [0, 0.1) is 11.3 Å². The number of anilines is 1. The highest BCUT2D eigenvalue weighted by molar-refractivity contribution is 9.10. The molecule has 2 aromatic rings. The van der Waals surface area contributed by atoms with Gasteiger partial charge in [-0.05, 0) is 36.4 Å². The van der Waals surface area contributed by atoms with E-state index in [0.717, 1.165) is 4.47 Å². The van der Waals surface area contributed by atoms with Crippen LogP contribution in [0.1, 0.15) is 5.56 Å². The van der Waals surface area contributed by atoms with Crippen LogP contribution in [0.3, 0.4) is 0 Å². The van der Waals surface area contributed by atoms with E-state index < -0.39 is 5.97 Å². The zero-order chi connectivity index (χ0) is 16.5. The summed E-state index contributed by atoms with van der Waals surface area (Å²) in [5, 5.41) is 11.9. The summed E-state index contributed by atoms with van der Waals surface area (Å²) in [4.78, 5) is 15.6. The topological polar surface area (TPSA) is 84.2 Å². The first-order valence-electron chi connectivity index (χ1n) is 6.82. The van der Waals surface area contributed by atoms with E-state index in [1.807, 2.05) is 18.2 Å². The number of nitrogens with one attached hydrogen (secondary N) is 1. The lowest BCUT2D eigenvalue weighted by Gasteiger charge is -2.09. The number of hydrogen-bond donors (Lipinski definition) is 1. The van der Waals surface area contributed by atoms with Crippen molar-refractivity contribution < 1.29 is 14.3 Å². The maximum atomic E-state index is 11.6. The van der Waals surface area contributed by atoms with Gasteiger partial charge in [0.05, 0.1) is 12.1 Å². The van der Waals surface area contributed by atoms with Crippen LogP contribution in [-0.4, -0.2) is 30.7 Å². The van der Waals surface area contributed by atoms with Crippen LogP contribution in [0.15, 0.2) is 47.1 Å². The number of pyridine rings is 1. The number of carbonyl (C=O) groups excluding carboxylic acids is 1. The van der Waals surface area contributed by atoms with Gasteiger partial charge >= 0.3 is 5.97 Å². The Bertz CT molecular complexity index is 698. The van der Waals surface area contributed by atoms with E-state index >= 15 is 0 Å². The highest BCUT2D eigenvalue weighted by atomic mass is 79.9. The number of rotatable bonds is 7. The molecule has 0 aliphatic carbocycles. The second kappa shape index (κ2) is 8.76. The number of esters is 1. The van der Waals surface area contributed by atoms with Crippen molar-refractivity contribution >= 4 is 27.7 Å². The first kappa shape index (κ1) is 16.8. The molecule has 1 aromatic heterocycles. The molecule has 0 aliphatic rings. The Morgan fingerprint density at radius 3 is 2.83 bits per heavy atom. The molecule has 0 radical (unpaired) electrons. The summed E-state index contributed by atoms with van der Waals surface area (Å²) in [7, 11) is 0. The van der Waals surface area contributed by atoms with Gasteiger partial charge < -0.3 is 14.8 Å². The first-order valence-corrected chi connectivity index (χ1v) is 7.61. The lowest BCUT2D eigenvalue weighted by atomic mass is 10.3. The highest BCUT2D eigenvalue weighted by Gasteiger charge is 2.05. The highest BCUT2D eigenvalue weighted by Crippen LogP contribution is 2.16. The molecular weight excluding hydrogens is 362 g/mol. The van der Waals surface area contributed by atoms with E-state index in [0.29, 0.717) is 23.7 Å². The van der Waals surface area contributed by atoms with E-state index in [-0.39, 0.29) is 13.2 Å². The van der Waals surface area contributed by atoms with Gasteiger partial charge in [-0.15, -0.1) is 0 Å². The third kappa shape index (κ3) is 5.60. The molecule has 2 rings (SSSR count). The number of nitrogens with zero attached hydrogens (tertiary/aromatic N) is 2. The Morgan fingerprint density at radius 2 is 2.09 bits per heavy atom. The molecule has 0 saturated heterocycles. The molecule has 0 aliphatic heterocycles. The fourth-order valence-corrected chi connectivity index (χ4v) is 1.95. The van der Waals surface area contributed by atoms with Crippen LogP contribution < -0.4 is 10.1 Å². The Labute approximate surface area is 142 Å². The van der Waals surface area contributed by atoms with Crippen molar-refractivity contribution in [3.63, 3.8) is 0 Å². The maximum absolute atomic E-state index is 11.6. The van der Waals surface area contributed by atoms with E-state index in [2.05, 4.69) is 26.2 Å². The van der Waals surface area contributed by atoms with Crippen LogP contribution in [0.2, 0.25) is 0 Å². The minimum Gasteiger partial charge on any atom is -0.482 e. The summed E-state index contributed by atoms with van der Waals surface area (Å²) in [6.45, 7) is 0.356. The number of ether oxygens (including phenoxy) is 2. The van der Waals surface area contributed by atoms with Crippen molar-refractivity contribution in [3.05, 3.63) is 52.6 Å². The molecule has 0 spiro atoms. The number of benzene rings is 1. The molecule has 23 heavy (non-hydrogen) atoms. The van der Waals surface area contributed by atoms with Gasteiger partial charge in [0.15, 0.2) is 6.61 Å². The second-order valence-electron chi connectivity index (χ2n) is 4.40. The molecule has 1 aromatic carbocycles. The second-order valence-corrected chi connectivity index (χ2v) is 5.32. The van der Waals surface area contributed by atoms with Crippen LogP contribution in [0.25, 0.3) is 0 Å². The molecule has 118 valence electrons. The van der Waals surface area contributed by atoms with Crippen molar-refractivity contribution in [2.24, 2.45) is 0 Å². The predicted molar refractivity (Wildman–Crippen MR) is 88.0 cm³/mol. The van der Waals surface area contributed by atoms with Gasteiger partial charge in [-0.3, -0.25) is 0 Å². The van der Waals surface area contributed by atoms with E-state index in [9.17, 15) is 4.79 Å². The summed E-state index contributed by atoms with van der Waals surface area (Å²) in [5.74, 6) is 0.601. The minimum absolute atomic E-state index is 0.157. The lowest BCUT2D eigenvalue weighted by Crippen LogP contribution is -2.19. The van der Waals surface area contributed by atoms with Gasteiger partial charge in [0.2, 0.25) is 0 Å². The van der Waals surface area contributed by atoms with Gasteiger partial charge in [-0.2, -0.15) is 5.26 Å². The fourth-order valence-electron chi connectivity index (χ4n) is 1.69. The Morgan fingerprint density at radius 1 is 1.30 bits per heavy atom.